The normalized spacial score (nSPS) is 12.4. The molecule has 1 N–H and O–H groups in total. The summed E-state index contributed by atoms with van der Waals surface area (Å²) in [5, 5.41) is 7.21. The van der Waals surface area contributed by atoms with Crippen molar-refractivity contribution in [1.82, 2.24) is 20.4 Å². The molecule has 0 bridgehead atoms. The minimum atomic E-state index is -0.175. The Bertz CT molecular complexity index is 702. The molecule has 0 aliphatic heterocycles. The van der Waals surface area contributed by atoms with Gasteiger partial charge in [0.05, 0.1) is 6.54 Å². The molecule has 0 radical (unpaired) electrons. The van der Waals surface area contributed by atoms with Crippen LogP contribution in [0.25, 0.3) is 0 Å². The molecule has 1 aromatic carbocycles. The summed E-state index contributed by atoms with van der Waals surface area (Å²) in [6, 6.07) is 8.64. The lowest BCUT2D eigenvalue weighted by Gasteiger charge is -2.21. The smallest absolute Gasteiger partial charge is 0.246 e. The van der Waals surface area contributed by atoms with E-state index in [0.29, 0.717) is 24.9 Å². The molecule has 0 spiro atoms. The van der Waals surface area contributed by atoms with Crippen LogP contribution >= 0.6 is 24.0 Å². The van der Waals surface area contributed by atoms with E-state index in [1.54, 1.807) is 7.05 Å². The van der Waals surface area contributed by atoms with Gasteiger partial charge in [0.2, 0.25) is 5.89 Å². The Morgan fingerprint density at radius 2 is 1.93 bits per heavy atom. The average Bonchev–Trinajstić information content (AvgIpc) is 3.12. The SMILES string of the molecule is CCOC(C)c1noc(CNC(=NC)N(C)Cc2ccc(CC)cc2)n1.I. The number of nitrogens with zero attached hydrogens (tertiary/aromatic N) is 4. The van der Waals surface area contributed by atoms with Gasteiger partial charge in [-0.2, -0.15) is 4.98 Å². The van der Waals surface area contributed by atoms with Gasteiger partial charge in [0.15, 0.2) is 11.8 Å². The fourth-order valence-corrected chi connectivity index (χ4v) is 2.60. The highest BCUT2D eigenvalue weighted by molar-refractivity contribution is 14.0. The fourth-order valence-electron chi connectivity index (χ4n) is 2.60. The highest BCUT2D eigenvalue weighted by atomic mass is 127. The number of hydrogen-bond acceptors (Lipinski definition) is 5. The number of halogens is 1. The van der Waals surface area contributed by atoms with Crippen LogP contribution in [0.1, 0.15) is 49.7 Å². The Labute approximate surface area is 178 Å². The van der Waals surface area contributed by atoms with E-state index < -0.39 is 0 Å². The molecular formula is C19H30IN5O2. The van der Waals surface area contributed by atoms with Crippen molar-refractivity contribution in [3.8, 4) is 0 Å². The van der Waals surface area contributed by atoms with Crippen LogP contribution in [0.5, 0.6) is 0 Å². The second-order valence-electron chi connectivity index (χ2n) is 6.07. The molecule has 0 aliphatic carbocycles. The molecule has 0 fully saturated rings. The number of nitrogens with one attached hydrogen (secondary N) is 1. The molecule has 0 saturated carbocycles. The lowest BCUT2D eigenvalue weighted by atomic mass is 10.1. The lowest BCUT2D eigenvalue weighted by molar-refractivity contribution is 0.0683. The van der Waals surface area contributed by atoms with Gasteiger partial charge in [-0.25, -0.2) is 0 Å². The predicted molar refractivity (Wildman–Crippen MR) is 117 cm³/mol. The molecule has 2 rings (SSSR count). The molecule has 0 saturated heterocycles. The highest BCUT2D eigenvalue weighted by Gasteiger charge is 2.14. The van der Waals surface area contributed by atoms with Gasteiger partial charge >= 0.3 is 0 Å². The van der Waals surface area contributed by atoms with Crippen LogP contribution in [-0.4, -0.2) is 41.7 Å². The summed E-state index contributed by atoms with van der Waals surface area (Å²) in [6.07, 6.45) is 0.874. The summed E-state index contributed by atoms with van der Waals surface area (Å²) in [4.78, 5) is 10.7. The molecule has 27 heavy (non-hydrogen) atoms. The van der Waals surface area contributed by atoms with E-state index in [0.717, 1.165) is 18.9 Å². The maximum atomic E-state index is 5.47. The van der Waals surface area contributed by atoms with Crippen LogP contribution in [-0.2, 0) is 24.2 Å². The van der Waals surface area contributed by atoms with Gasteiger partial charge < -0.3 is 19.5 Å². The number of benzene rings is 1. The van der Waals surface area contributed by atoms with Gasteiger partial charge in [-0.05, 0) is 31.4 Å². The van der Waals surface area contributed by atoms with Crippen molar-refractivity contribution in [1.29, 1.82) is 0 Å². The number of hydrogen-bond donors (Lipinski definition) is 1. The molecule has 1 heterocycles. The molecule has 0 aliphatic rings. The van der Waals surface area contributed by atoms with Crippen molar-refractivity contribution in [2.24, 2.45) is 4.99 Å². The van der Waals surface area contributed by atoms with E-state index in [1.165, 1.54) is 11.1 Å². The third-order valence-corrected chi connectivity index (χ3v) is 4.09. The fraction of sp³-hybridized carbons (Fsp3) is 0.526. The monoisotopic (exact) mass is 487 g/mol. The van der Waals surface area contributed by atoms with Crippen molar-refractivity contribution in [2.45, 2.75) is 46.4 Å². The quantitative estimate of drug-likeness (QED) is 0.349. The van der Waals surface area contributed by atoms with Crippen LogP contribution in [0.2, 0.25) is 0 Å². The highest BCUT2D eigenvalue weighted by Crippen LogP contribution is 2.12. The van der Waals surface area contributed by atoms with Gasteiger partial charge in [0.25, 0.3) is 0 Å². The van der Waals surface area contributed by atoms with Crippen LogP contribution in [0.4, 0.5) is 0 Å². The van der Waals surface area contributed by atoms with Crippen molar-refractivity contribution >= 4 is 29.9 Å². The first-order valence-corrected chi connectivity index (χ1v) is 9.01. The van der Waals surface area contributed by atoms with Crippen molar-refractivity contribution in [3.05, 3.63) is 47.1 Å². The number of ether oxygens (including phenoxy) is 1. The van der Waals surface area contributed by atoms with Crippen LogP contribution in [0.3, 0.4) is 0 Å². The van der Waals surface area contributed by atoms with Gasteiger partial charge in [0, 0.05) is 27.2 Å². The number of rotatable bonds is 8. The second kappa shape index (κ2) is 11.9. The van der Waals surface area contributed by atoms with E-state index in [2.05, 4.69) is 56.5 Å². The molecule has 2 aromatic rings. The zero-order chi connectivity index (χ0) is 18.9. The third kappa shape index (κ3) is 7.10. The Balaban J connectivity index is 0.00000364. The molecule has 8 heteroatoms. The molecule has 1 aromatic heterocycles. The molecular weight excluding hydrogens is 457 g/mol. The van der Waals surface area contributed by atoms with Crippen molar-refractivity contribution in [2.75, 3.05) is 20.7 Å². The first-order chi connectivity index (χ1) is 12.6. The first-order valence-electron chi connectivity index (χ1n) is 9.01. The minimum absolute atomic E-state index is 0. The first kappa shape index (κ1) is 23.4. The second-order valence-corrected chi connectivity index (χ2v) is 6.07. The molecule has 1 unspecified atom stereocenters. The van der Waals surface area contributed by atoms with Crippen LogP contribution in [0, 0.1) is 0 Å². The number of guanidine groups is 1. The molecule has 0 amide bonds. The summed E-state index contributed by atoms with van der Waals surface area (Å²) in [7, 11) is 3.76. The largest absolute Gasteiger partial charge is 0.371 e. The topological polar surface area (TPSA) is 75.8 Å². The van der Waals surface area contributed by atoms with E-state index in [9.17, 15) is 0 Å². The van der Waals surface area contributed by atoms with Gasteiger partial charge in [0.1, 0.15) is 6.10 Å². The average molecular weight is 487 g/mol. The summed E-state index contributed by atoms with van der Waals surface area (Å²) in [5.74, 6) is 1.83. The van der Waals surface area contributed by atoms with Gasteiger partial charge in [-0.1, -0.05) is 36.3 Å². The number of aromatic nitrogens is 2. The maximum Gasteiger partial charge on any atom is 0.246 e. The molecule has 150 valence electrons. The van der Waals surface area contributed by atoms with E-state index in [4.69, 9.17) is 9.26 Å². The van der Waals surface area contributed by atoms with E-state index >= 15 is 0 Å². The summed E-state index contributed by atoms with van der Waals surface area (Å²) < 4.78 is 10.7. The zero-order valence-electron chi connectivity index (χ0n) is 16.7. The Morgan fingerprint density at radius 3 is 2.52 bits per heavy atom. The van der Waals surface area contributed by atoms with E-state index in [-0.39, 0.29) is 30.1 Å². The summed E-state index contributed by atoms with van der Waals surface area (Å²) in [6.45, 7) is 7.79. The third-order valence-electron chi connectivity index (χ3n) is 4.09. The van der Waals surface area contributed by atoms with E-state index in [1.807, 2.05) is 20.9 Å². The van der Waals surface area contributed by atoms with Crippen molar-refractivity contribution < 1.29 is 9.26 Å². The van der Waals surface area contributed by atoms with Crippen LogP contribution < -0.4 is 5.32 Å². The summed E-state index contributed by atoms with van der Waals surface area (Å²) in [5.41, 5.74) is 2.57. The minimum Gasteiger partial charge on any atom is -0.371 e. The number of aryl methyl sites for hydroxylation is 1. The van der Waals surface area contributed by atoms with Crippen molar-refractivity contribution in [3.63, 3.8) is 0 Å². The van der Waals surface area contributed by atoms with Gasteiger partial charge in [-0.3, -0.25) is 4.99 Å². The molecule has 7 nitrogen and oxygen atoms in total. The maximum absolute atomic E-state index is 5.47. The number of aliphatic imine (C=N–C) groups is 1. The Morgan fingerprint density at radius 1 is 1.26 bits per heavy atom. The van der Waals surface area contributed by atoms with Crippen LogP contribution in [0.15, 0.2) is 33.8 Å². The zero-order valence-corrected chi connectivity index (χ0v) is 19.1. The lowest BCUT2D eigenvalue weighted by Crippen LogP contribution is -2.38. The van der Waals surface area contributed by atoms with Gasteiger partial charge in [-0.15, -0.1) is 24.0 Å². The summed E-state index contributed by atoms with van der Waals surface area (Å²) >= 11 is 0. The Kier molecular flexibility index (Phi) is 10.3. The molecule has 1 atom stereocenters. The standard InChI is InChI=1S/C19H29N5O2.HI/c1-6-15-8-10-16(11-9-15)13-24(5)19(20-4)21-12-17-22-18(23-26-17)14(3)25-7-2;/h8-11,14H,6-7,12-13H2,1-5H3,(H,20,21);1H. The Hall–Kier alpha value is -1.68. The predicted octanol–water partition coefficient (Wildman–Crippen LogP) is 3.55.